The quantitative estimate of drug-likeness (QED) is 0.269. The molecule has 10 heteroatoms. The van der Waals surface area contributed by atoms with Crippen LogP contribution in [0.5, 0.6) is 17.2 Å². The number of methoxy groups -OCH3 is 2. The molecule has 3 aromatic rings. The van der Waals surface area contributed by atoms with Gasteiger partial charge in [-0.05, 0) is 81.5 Å². The highest BCUT2D eigenvalue weighted by Gasteiger charge is 2.66. The van der Waals surface area contributed by atoms with Gasteiger partial charge in [-0.1, -0.05) is 54.1 Å². The molecule has 0 spiro atoms. The number of anilines is 1. The van der Waals surface area contributed by atoms with Crippen molar-refractivity contribution in [2.75, 3.05) is 19.6 Å². The van der Waals surface area contributed by atoms with Gasteiger partial charge in [0, 0.05) is 10.9 Å². The summed E-state index contributed by atoms with van der Waals surface area (Å²) >= 11 is 15.9. The standard InChI is InChI=1S/C30H25BrCl2N2O5/c1-4-16-5-11-21-28(37)35(34-24-12-8-19(32)15-23(24)33)29(38)30(21,18-6-9-20(39-2)10-7-18)26(16)17-13-22(31)27(36)25(14-17)40-3/h4-10,12-15,21,26,34,36H,1,11H2,2-3H3/t21-,26+,30+/m0/s1. The average Bonchev–Trinajstić information content (AvgIpc) is 3.17. The van der Waals surface area contributed by atoms with Gasteiger partial charge in [0.1, 0.15) is 5.75 Å². The second-order valence-corrected chi connectivity index (χ2v) is 11.2. The molecule has 2 N–H and O–H groups in total. The number of phenols is 1. The van der Waals surface area contributed by atoms with E-state index in [-0.39, 0.29) is 16.5 Å². The molecule has 1 saturated heterocycles. The number of nitrogens with zero attached hydrogens (tertiary/aromatic N) is 1. The molecule has 1 aliphatic heterocycles. The molecule has 1 fully saturated rings. The summed E-state index contributed by atoms with van der Waals surface area (Å²) in [4.78, 5) is 28.8. The molecule has 7 nitrogen and oxygen atoms in total. The number of carbonyl (C=O) groups is 2. The Kier molecular flexibility index (Phi) is 7.61. The molecule has 1 heterocycles. The SMILES string of the molecule is C=CC1=CC[C@H]2C(=O)N(Nc3ccc(Cl)cc3Cl)C(=O)[C@@]2(c2ccc(OC)cc2)[C@H]1c1cc(Br)c(O)c(OC)c1. The van der Waals surface area contributed by atoms with Crippen molar-refractivity contribution in [3.63, 3.8) is 0 Å². The number of imide groups is 1. The summed E-state index contributed by atoms with van der Waals surface area (Å²) in [5.74, 6) is -1.53. The number of aromatic hydroxyl groups is 1. The third kappa shape index (κ3) is 4.35. The van der Waals surface area contributed by atoms with Crippen LogP contribution in [0.4, 0.5) is 5.69 Å². The zero-order chi connectivity index (χ0) is 28.8. The molecule has 1 aliphatic carbocycles. The Morgan fingerprint density at radius 1 is 1.10 bits per heavy atom. The molecular formula is C30H25BrCl2N2O5. The number of hydrogen-bond acceptors (Lipinski definition) is 6. The van der Waals surface area contributed by atoms with Gasteiger partial charge in [-0.15, -0.1) is 0 Å². The highest BCUT2D eigenvalue weighted by atomic mass is 79.9. The largest absolute Gasteiger partial charge is 0.503 e. The zero-order valence-corrected chi connectivity index (χ0v) is 24.7. The maximum absolute atomic E-state index is 14.7. The normalized spacial score (nSPS) is 22.0. The number of benzene rings is 3. The van der Waals surface area contributed by atoms with Crippen LogP contribution in [0.1, 0.15) is 23.5 Å². The Morgan fingerprint density at radius 3 is 2.45 bits per heavy atom. The highest BCUT2D eigenvalue weighted by molar-refractivity contribution is 9.10. The van der Waals surface area contributed by atoms with E-state index in [2.05, 4.69) is 27.9 Å². The number of rotatable bonds is 7. The summed E-state index contributed by atoms with van der Waals surface area (Å²) in [5, 5.41) is 12.3. The molecular weight excluding hydrogens is 619 g/mol. The molecule has 5 rings (SSSR count). The average molecular weight is 644 g/mol. The number of fused-ring (bicyclic) bond motifs is 1. The Hall–Kier alpha value is -3.46. The van der Waals surface area contributed by atoms with Gasteiger partial charge in [0.2, 0.25) is 0 Å². The molecule has 206 valence electrons. The smallest absolute Gasteiger partial charge is 0.260 e. The predicted molar refractivity (Wildman–Crippen MR) is 158 cm³/mol. The van der Waals surface area contributed by atoms with Gasteiger partial charge in [0.15, 0.2) is 11.5 Å². The summed E-state index contributed by atoms with van der Waals surface area (Å²) < 4.78 is 11.2. The van der Waals surface area contributed by atoms with E-state index in [9.17, 15) is 14.7 Å². The zero-order valence-electron chi connectivity index (χ0n) is 21.6. The van der Waals surface area contributed by atoms with Crippen LogP contribution in [0.15, 0.2) is 83.4 Å². The second-order valence-electron chi connectivity index (χ2n) is 9.50. The van der Waals surface area contributed by atoms with Crippen molar-refractivity contribution in [3.05, 3.63) is 105 Å². The van der Waals surface area contributed by atoms with Crippen molar-refractivity contribution in [3.8, 4) is 17.2 Å². The van der Waals surface area contributed by atoms with Crippen molar-refractivity contribution >= 4 is 56.6 Å². The van der Waals surface area contributed by atoms with Crippen LogP contribution in [0.25, 0.3) is 0 Å². The van der Waals surface area contributed by atoms with E-state index in [0.29, 0.717) is 38.5 Å². The molecule has 0 saturated carbocycles. The minimum atomic E-state index is -1.38. The number of ether oxygens (including phenoxy) is 2. The van der Waals surface area contributed by atoms with Crippen molar-refractivity contribution in [2.24, 2.45) is 5.92 Å². The van der Waals surface area contributed by atoms with E-state index in [1.54, 1.807) is 49.6 Å². The molecule has 2 aliphatic rings. The Bertz CT molecular complexity index is 1560. The van der Waals surface area contributed by atoms with Gasteiger partial charge in [-0.2, -0.15) is 5.01 Å². The van der Waals surface area contributed by atoms with Crippen LogP contribution >= 0.6 is 39.1 Å². The maximum atomic E-state index is 14.7. The number of phenolic OH excluding ortho intramolecular Hbond substituents is 1. The van der Waals surface area contributed by atoms with Crippen LogP contribution in [-0.4, -0.2) is 36.1 Å². The third-order valence-electron chi connectivity index (χ3n) is 7.57. The number of halogens is 3. The lowest BCUT2D eigenvalue weighted by molar-refractivity contribution is -0.138. The maximum Gasteiger partial charge on any atom is 0.260 e. The van der Waals surface area contributed by atoms with Crippen LogP contribution in [0.3, 0.4) is 0 Å². The fourth-order valence-corrected chi connectivity index (χ4v) is 6.68. The Labute approximate surface area is 250 Å². The van der Waals surface area contributed by atoms with Crippen LogP contribution < -0.4 is 14.9 Å². The molecule has 0 radical (unpaired) electrons. The lowest BCUT2D eigenvalue weighted by Crippen LogP contribution is -2.48. The van der Waals surface area contributed by atoms with Gasteiger partial charge in [0.05, 0.1) is 40.7 Å². The van der Waals surface area contributed by atoms with E-state index in [1.807, 2.05) is 18.2 Å². The third-order valence-corrected chi connectivity index (χ3v) is 8.73. The topological polar surface area (TPSA) is 88.1 Å². The molecule has 0 unspecified atom stereocenters. The minimum absolute atomic E-state index is 0.0734. The van der Waals surface area contributed by atoms with Gasteiger partial charge in [0.25, 0.3) is 11.8 Å². The van der Waals surface area contributed by atoms with Crippen molar-refractivity contribution in [1.82, 2.24) is 5.01 Å². The van der Waals surface area contributed by atoms with Crippen LogP contribution in [0.2, 0.25) is 10.0 Å². The highest BCUT2D eigenvalue weighted by Crippen LogP contribution is 2.58. The first-order valence-electron chi connectivity index (χ1n) is 12.3. The van der Waals surface area contributed by atoms with E-state index in [0.717, 1.165) is 10.6 Å². The molecule has 0 bridgehead atoms. The fourth-order valence-electron chi connectivity index (χ4n) is 5.77. The van der Waals surface area contributed by atoms with Gasteiger partial charge < -0.3 is 14.6 Å². The minimum Gasteiger partial charge on any atom is -0.503 e. The Balaban J connectivity index is 1.76. The van der Waals surface area contributed by atoms with Gasteiger partial charge >= 0.3 is 0 Å². The lowest BCUT2D eigenvalue weighted by Gasteiger charge is -2.43. The first-order valence-corrected chi connectivity index (χ1v) is 13.9. The monoisotopic (exact) mass is 642 g/mol. The Morgan fingerprint density at radius 2 is 1.82 bits per heavy atom. The first-order chi connectivity index (χ1) is 19.2. The predicted octanol–water partition coefficient (Wildman–Crippen LogP) is 7.03. The summed E-state index contributed by atoms with van der Waals surface area (Å²) in [5.41, 5.74) is 3.98. The second kappa shape index (κ2) is 10.8. The summed E-state index contributed by atoms with van der Waals surface area (Å²) in [6.07, 6.45) is 3.93. The molecule has 3 atom stereocenters. The van der Waals surface area contributed by atoms with E-state index < -0.39 is 29.1 Å². The lowest BCUT2D eigenvalue weighted by atomic mass is 9.56. The number of hydrazine groups is 1. The van der Waals surface area contributed by atoms with Crippen molar-refractivity contribution < 1.29 is 24.2 Å². The number of allylic oxidation sites excluding steroid dienone is 3. The molecule has 3 aromatic carbocycles. The number of hydrogen-bond donors (Lipinski definition) is 2. The number of nitrogens with one attached hydrogen (secondary N) is 1. The van der Waals surface area contributed by atoms with E-state index >= 15 is 0 Å². The van der Waals surface area contributed by atoms with Crippen LogP contribution in [-0.2, 0) is 15.0 Å². The summed E-state index contributed by atoms with van der Waals surface area (Å²) in [7, 11) is 3.01. The fraction of sp³-hybridized carbons (Fsp3) is 0.200. The van der Waals surface area contributed by atoms with Gasteiger partial charge in [-0.25, -0.2) is 0 Å². The molecule has 40 heavy (non-hydrogen) atoms. The summed E-state index contributed by atoms with van der Waals surface area (Å²) in [6.45, 7) is 4.02. The van der Waals surface area contributed by atoms with E-state index in [1.165, 1.54) is 13.2 Å². The van der Waals surface area contributed by atoms with Crippen molar-refractivity contribution in [2.45, 2.75) is 17.8 Å². The van der Waals surface area contributed by atoms with Gasteiger partial charge in [-0.3, -0.25) is 15.0 Å². The first kappa shape index (κ1) is 28.1. The molecule has 0 aromatic heterocycles. The van der Waals surface area contributed by atoms with E-state index in [4.69, 9.17) is 32.7 Å². The molecule has 2 amide bonds. The van der Waals surface area contributed by atoms with Crippen LogP contribution in [0, 0.1) is 5.92 Å². The summed E-state index contributed by atoms with van der Waals surface area (Å²) in [6, 6.07) is 15.3. The van der Waals surface area contributed by atoms with Crippen molar-refractivity contribution in [1.29, 1.82) is 0 Å². The number of carbonyl (C=O) groups excluding carboxylic acids is 2. The number of amides is 2.